The third-order valence-corrected chi connectivity index (χ3v) is 3.15. The van der Waals surface area contributed by atoms with Gasteiger partial charge in [-0.2, -0.15) is 0 Å². The number of rotatable bonds is 2. The van der Waals surface area contributed by atoms with Crippen LogP contribution in [0.1, 0.15) is 18.4 Å². The zero-order valence-corrected chi connectivity index (χ0v) is 9.11. The van der Waals surface area contributed by atoms with Gasteiger partial charge in [-0.1, -0.05) is 12.1 Å². The summed E-state index contributed by atoms with van der Waals surface area (Å²) >= 11 is 0. The van der Waals surface area contributed by atoms with E-state index in [1.165, 1.54) is 6.07 Å². The lowest BCUT2D eigenvalue weighted by atomic mass is 9.86. The Morgan fingerprint density at radius 2 is 1.88 bits per heavy atom. The topological polar surface area (TPSA) is 72.7 Å². The Kier molecular flexibility index (Phi) is 3.03. The molecule has 4 nitrogen and oxygen atoms in total. The highest BCUT2D eigenvalue weighted by molar-refractivity contribution is 5.44. The molecule has 16 heavy (non-hydrogen) atoms. The van der Waals surface area contributed by atoms with Crippen molar-refractivity contribution in [3.63, 3.8) is 0 Å². The van der Waals surface area contributed by atoms with Crippen LogP contribution < -0.4 is 5.32 Å². The number of benzene rings is 1. The number of hydrogen-bond donors (Lipinski definition) is 4. The predicted molar refractivity (Wildman–Crippen MR) is 60.5 cm³/mol. The van der Waals surface area contributed by atoms with Gasteiger partial charge in [0, 0.05) is 12.0 Å². The van der Waals surface area contributed by atoms with Crippen molar-refractivity contribution in [1.29, 1.82) is 0 Å². The van der Waals surface area contributed by atoms with Crippen LogP contribution in [0, 0.1) is 0 Å². The second-order valence-corrected chi connectivity index (χ2v) is 4.44. The Hall–Kier alpha value is -1.26. The smallest absolute Gasteiger partial charge is 0.160 e. The zero-order chi connectivity index (χ0) is 11.6. The Morgan fingerprint density at radius 3 is 2.56 bits per heavy atom. The van der Waals surface area contributed by atoms with Gasteiger partial charge in [-0.3, -0.25) is 0 Å². The standard InChI is InChI=1S/C12H17NO3/c14-10-3-1-2-9(11(10)15)8-12(16)4-6-13-7-5-12/h1-3,13-16H,4-8H2. The van der Waals surface area contributed by atoms with Crippen molar-refractivity contribution >= 4 is 0 Å². The highest BCUT2D eigenvalue weighted by atomic mass is 16.3. The quantitative estimate of drug-likeness (QED) is 0.558. The van der Waals surface area contributed by atoms with Gasteiger partial charge in [-0.05, 0) is 32.0 Å². The van der Waals surface area contributed by atoms with E-state index >= 15 is 0 Å². The molecule has 1 aromatic carbocycles. The average molecular weight is 223 g/mol. The first-order valence-electron chi connectivity index (χ1n) is 5.54. The summed E-state index contributed by atoms with van der Waals surface area (Å²) < 4.78 is 0. The van der Waals surface area contributed by atoms with Crippen LogP contribution >= 0.6 is 0 Å². The minimum Gasteiger partial charge on any atom is -0.504 e. The largest absolute Gasteiger partial charge is 0.504 e. The molecule has 1 aliphatic heterocycles. The van der Waals surface area contributed by atoms with Gasteiger partial charge in [0.1, 0.15) is 0 Å². The third kappa shape index (κ3) is 2.28. The van der Waals surface area contributed by atoms with E-state index in [0.29, 0.717) is 24.8 Å². The lowest BCUT2D eigenvalue weighted by Crippen LogP contribution is -2.43. The summed E-state index contributed by atoms with van der Waals surface area (Å²) in [6.07, 6.45) is 1.72. The number of aliphatic hydroxyl groups is 1. The van der Waals surface area contributed by atoms with E-state index in [1.54, 1.807) is 12.1 Å². The molecule has 2 rings (SSSR count). The fraction of sp³-hybridized carbons (Fsp3) is 0.500. The van der Waals surface area contributed by atoms with Crippen LogP contribution in [0.25, 0.3) is 0 Å². The van der Waals surface area contributed by atoms with Gasteiger partial charge in [0.15, 0.2) is 11.5 Å². The molecule has 0 atom stereocenters. The van der Waals surface area contributed by atoms with Crippen LogP contribution in [0.4, 0.5) is 0 Å². The number of aromatic hydroxyl groups is 2. The van der Waals surface area contributed by atoms with Crippen LogP contribution in [0.3, 0.4) is 0 Å². The third-order valence-electron chi connectivity index (χ3n) is 3.15. The Bertz CT molecular complexity index is 373. The lowest BCUT2D eigenvalue weighted by Gasteiger charge is -2.32. The molecule has 0 radical (unpaired) electrons. The highest BCUT2D eigenvalue weighted by Crippen LogP contribution is 2.33. The number of phenols is 2. The van der Waals surface area contributed by atoms with E-state index in [2.05, 4.69) is 5.32 Å². The maximum atomic E-state index is 10.3. The van der Waals surface area contributed by atoms with Crippen molar-refractivity contribution < 1.29 is 15.3 Å². The number of piperidine rings is 1. The molecule has 4 heteroatoms. The Balaban J connectivity index is 2.16. The molecule has 0 aromatic heterocycles. The molecule has 0 spiro atoms. The minimum atomic E-state index is -0.767. The van der Waals surface area contributed by atoms with Crippen molar-refractivity contribution in [2.75, 3.05) is 13.1 Å². The number of para-hydroxylation sites is 1. The molecule has 1 aromatic rings. The van der Waals surface area contributed by atoms with Gasteiger partial charge in [-0.25, -0.2) is 0 Å². The SMILES string of the molecule is Oc1cccc(CC2(O)CCNCC2)c1O. The summed E-state index contributed by atoms with van der Waals surface area (Å²) in [5.74, 6) is -0.246. The van der Waals surface area contributed by atoms with Crippen LogP contribution in [0.2, 0.25) is 0 Å². The molecule has 1 saturated heterocycles. The van der Waals surface area contributed by atoms with E-state index in [-0.39, 0.29) is 11.5 Å². The maximum Gasteiger partial charge on any atom is 0.160 e. The van der Waals surface area contributed by atoms with Crippen molar-refractivity contribution in [3.05, 3.63) is 23.8 Å². The van der Waals surface area contributed by atoms with Gasteiger partial charge < -0.3 is 20.6 Å². The first-order valence-corrected chi connectivity index (χ1v) is 5.54. The summed E-state index contributed by atoms with van der Waals surface area (Å²) in [7, 11) is 0. The molecular formula is C12H17NO3. The fourth-order valence-electron chi connectivity index (χ4n) is 2.14. The highest BCUT2D eigenvalue weighted by Gasteiger charge is 2.30. The van der Waals surface area contributed by atoms with E-state index in [0.717, 1.165) is 13.1 Å². The first kappa shape index (κ1) is 11.2. The van der Waals surface area contributed by atoms with Gasteiger partial charge >= 0.3 is 0 Å². The molecule has 88 valence electrons. The summed E-state index contributed by atoms with van der Waals surface area (Å²) in [6.45, 7) is 1.58. The van der Waals surface area contributed by atoms with Gasteiger partial charge in [0.05, 0.1) is 5.60 Å². The molecule has 0 saturated carbocycles. The van der Waals surface area contributed by atoms with Crippen LogP contribution in [-0.4, -0.2) is 34.0 Å². The van der Waals surface area contributed by atoms with Gasteiger partial charge in [0.25, 0.3) is 0 Å². The number of phenolic OH excluding ortho intramolecular Hbond substituents is 2. The Labute approximate surface area is 94.5 Å². The van der Waals surface area contributed by atoms with E-state index in [1.807, 2.05) is 0 Å². The summed E-state index contributed by atoms with van der Waals surface area (Å²) in [6, 6.07) is 4.84. The predicted octanol–water partition coefficient (Wildman–Crippen LogP) is 0.755. The van der Waals surface area contributed by atoms with Crippen LogP contribution in [0.5, 0.6) is 11.5 Å². The molecule has 1 aliphatic rings. The van der Waals surface area contributed by atoms with E-state index in [9.17, 15) is 15.3 Å². The minimum absolute atomic E-state index is 0.116. The summed E-state index contributed by atoms with van der Waals surface area (Å²) in [4.78, 5) is 0. The van der Waals surface area contributed by atoms with Gasteiger partial charge in [-0.15, -0.1) is 0 Å². The monoisotopic (exact) mass is 223 g/mol. The van der Waals surface area contributed by atoms with Gasteiger partial charge in [0.2, 0.25) is 0 Å². The molecular weight excluding hydrogens is 206 g/mol. The number of hydrogen-bond acceptors (Lipinski definition) is 4. The molecule has 0 amide bonds. The van der Waals surface area contributed by atoms with Crippen molar-refractivity contribution in [2.24, 2.45) is 0 Å². The molecule has 1 fully saturated rings. The van der Waals surface area contributed by atoms with E-state index in [4.69, 9.17) is 0 Å². The summed E-state index contributed by atoms with van der Waals surface area (Å²) in [5.41, 5.74) is -0.166. The fourth-order valence-corrected chi connectivity index (χ4v) is 2.14. The average Bonchev–Trinajstić information content (AvgIpc) is 2.26. The van der Waals surface area contributed by atoms with Crippen molar-refractivity contribution in [2.45, 2.75) is 24.9 Å². The molecule has 0 bridgehead atoms. The van der Waals surface area contributed by atoms with E-state index < -0.39 is 5.60 Å². The molecule has 4 N–H and O–H groups in total. The lowest BCUT2D eigenvalue weighted by molar-refractivity contribution is 0.0103. The molecule has 1 heterocycles. The Morgan fingerprint density at radius 1 is 1.19 bits per heavy atom. The van der Waals surface area contributed by atoms with Crippen molar-refractivity contribution in [1.82, 2.24) is 5.32 Å². The zero-order valence-electron chi connectivity index (χ0n) is 9.11. The maximum absolute atomic E-state index is 10.3. The second-order valence-electron chi connectivity index (χ2n) is 4.44. The normalized spacial score (nSPS) is 19.6. The summed E-state index contributed by atoms with van der Waals surface area (Å²) in [5, 5.41) is 32.5. The van der Waals surface area contributed by atoms with Crippen LogP contribution in [-0.2, 0) is 6.42 Å². The first-order chi connectivity index (χ1) is 7.61. The van der Waals surface area contributed by atoms with Crippen molar-refractivity contribution in [3.8, 4) is 11.5 Å². The van der Waals surface area contributed by atoms with Crippen LogP contribution in [0.15, 0.2) is 18.2 Å². The molecule has 0 unspecified atom stereocenters. The molecule has 0 aliphatic carbocycles. The number of nitrogens with one attached hydrogen (secondary N) is 1. The second kappa shape index (κ2) is 4.31.